The first-order chi connectivity index (χ1) is 9.00. The van der Waals surface area contributed by atoms with Crippen molar-refractivity contribution in [2.45, 2.75) is 39.2 Å². The third-order valence-corrected chi connectivity index (χ3v) is 3.51. The van der Waals surface area contributed by atoms with E-state index in [0.29, 0.717) is 12.5 Å². The molecule has 0 radical (unpaired) electrons. The molecule has 0 aliphatic heterocycles. The monoisotopic (exact) mass is 331 g/mol. The Kier molecular flexibility index (Phi) is 6.51. The first kappa shape index (κ1) is 16.2. The van der Waals surface area contributed by atoms with E-state index >= 15 is 0 Å². The van der Waals surface area contributed by atoms with Crippen LogP contribution >= 0.6 is 15.9 Å². The summed E-state index contributed by atoms with van der Waals surface area (Å²) in [7, 11) is 1.70. The number of nitrogens with zero attached hydrogens (tertiary/aromatic N) is 2. The molecule has 0 fully saturated rings. The van der Waals surface area contributed by atoms with Gasteiger partial charge in [0.15, 0.2) is 0 Å². The van der Waals surface area contributed by atoms with Gasteiger partial charge in [0.2, 0.25) is 5.88 Å². The Morgan fingerprint density at radius 3 is 2.74 bits per heavy atom. The maximum atomic E-state index is 5.68. The molecule has 1 rings (SSSR count). The number of ether oxygens (including phenoxy) is 2. The Morgan fingerprint density at radius 2 is 2.11 bits per heavy atom. The molecule has 0 aliphatic rings. The van der Waals surface area contributed by atoms with E-state index in [1.807, 2.05) is 13.8 Å². The first-order valence-corrected chi connectivity index (χ1v) is 7.21. The number of methoxy groups -OCH3 is 1. The van der Waals surface area contributed by atoms with Crippen LogP contribution in [-0.2, 0) is 4.74 Å². The van der Waals surface area contributed by atoms with Crippen LogP contribution in [0.15, 0.2) is 10.8 Å². The van der Waals surface area contributed by atoms with E-state index in [-0.39, 0.29) is 5.60 Å². The number of rotatable bonds is 8. The Morgan fingerprint density at radius 1 is 1.37 bits per heavy atom. The minimum absolute atomic E-state index is 0.192. The Hall–Kier alpha value is -0.880. The van der Waals surface area contributed by atoms with Crippen molar-refractivity contribution in [1.29, 1.82) is 0 Å². The number of nitrogens with one attached hydrogen (secondary N) is 1. The SMILES string of the molecule is CCCNc1ncnc(OCCC(C)(C)OC)c1Br. The second kappa shape index (κ2) is 7.65. The Labute approximate surface area is 123 Å². The molecule has 19 heavy (non-hydrogen) atoms. The second-order valence-electron chi connectivity index (χ2n) is 4.83. The maximum Gasteiger partial charge on any atom is 0.233 e. The minimum atomic E-state index is -0.192. The van der Waals surface area contributed by atoms with Gasteiger partial charge in [-0.15, -0.1) is 0 Å². The largest absolute Gasteiger partial charge is 0.477 e. The summed E-state index contributed by atoms with van der Waals surface area (Å²) >= 11 is 3.47. The third-order valence-electron chi connectivity index (χ3n) is 2.80. The fraction of sp³-hybridized carbons (Fsp3) is 0.692. The van der Waals surface area contributed by atoms with Crippen LogP contribution in [0.3, 0.4) is 0 Å². The summed E-state index contributed by atoms with van der Waals surface area (Å²) < 4.78 is 11.8. The molecular weight excluding hydrogens is 310 g/mol. The van der Waals surface area contributed by atoms with E-state index < -0.39 is 0 Å². The van der Waals surface area contributed by atoms with Gasteiger partial charge < -0.3 is 14.8 Å². The molecule has 0 bridgehead atoms. The average molecular weight is 332 g/mol. The van der Waals surface area contributed by atoms with Crippen molar-refractivity contribution in [3.8, 4) is 5.88 Å². The molecule has 108 valence electrons. The van der Waals surface area contributed by atoms with Gasteiger partial charge in [0, 0.05) is 20.1 Å². The highest BCUT2D eigenvalue weighted by Gasteiger charge is 2.17. The van der Waals surface area contributed by atoms with Gasteiger partial charge in [-0.2, -0.15) is 0 Å². The van der Waals surface area contributed by atoms with E-state index in [1.165, 1.54) is 6.33 Å². The average Bonchev–Trinajstić information content (AvgIpc) is 2.39. The van der Waals surface area contributed by atoms with Gasteiger partial charge in [-0.25, -0.2) is 9.97 Å². The molecule has 0 saturated heterocycles. The molecule has 1 N–H and O–H groups in total. The van der Waals surface area contributed by atoms with Crippen LogP contribution in [0.5, 0.6) is 5.88 Å². The van der Waals surface area contributed by atoms with Gasteiger partial charge in [-0.05, 0) is 36.2 Å². The van der Waals surface area contributed by atoms with Crippen LogP contribution in [0.1, 0.15) is 33.6 Å². The zero-order valence-corrected chi connectivity index (χ0v) is 13.6. The summed E-state index contributed by atoms with van der Waals surface area (Å²) in [4.78, 5) is 8.31. The molecule has 0 atom stereocenters. The molecule has 0 aliphatic carbocycles. The summed E-state index contributed by atoms with van der Waals surface area (Å²) in [5.41, 5.74) is -0.192. The Bertz CT molecular complexity index is 399. The summed E-state index contributed by atoms with van der Waals surface area (Å²) in [5, 5.41) is 3.22. The first-order valence-electron chi connectivity index (χ1n) is 6.42. The molecule has 1 aromatic heterocycles. The predicted octanol–water partition coefficient (Wildman–Crippen LogP) is 3.25. The topological polar surface area (TPSA) is 56.3 Å². The van der Waals surface area contributed by atoms with Crippen molar-refractivity contribution in [2.75, 3.05) is 25.6 Å². The number of hydrogen-bond acceptors (Lipinski definition) is 5. The van der Waals surface area contributed by atoms with Gasteiger partial charge in [-0.1, -0.05) is 6.92 Å². The van der Waals surface area contributed by atoms with E-state index in [2.05, 4.69) is 38.1 Å². The molecule has 0 saturated carbocycles. The number of halogens is 1. The van der Waals surface area contributed by atoms with Crippen LogP contribution < -0.4 is 10.1 Å². The number of anilines is 1. The van der Waals surface area contributed by atoms with Crippen LogP contribution in [0, 0.1) is 0 Å². The number of aromatic nitrogens is 2. The highest BCUT2D eigenvalue weighted by atomic mass is 79.9. The fourth-order valence-electron chi connectivity index (χ4n) is 1.32. The van der Waals surface area contributed by atoms with E-state index in [4.69, 9.17) is 9.47 Å². The van der Waals surface area contributed by atoms with Gasteiger partial charge in [0.1, 0.15) is 16.6 Å². The van der Waals surface area contributed by atoms with Crippen LogP contribution in [0.4, 0.5) is 5.82 Å². The van der Waals surface area contributed by atoms with Crippen molar-refractivity contribution >= 4 is 21.7 Å². The van der Waals surface area contributed by atoms with Gasteiger partial charge in [-0.3, -0.25) is 0 Å². The van der Waals surface area contributed by atoms with Crippen molar-refractivity contribution in [3.05, 3.63) is 10.8 Å². The molecule has 1 aromatic rings. The molecular formula is C13H22BrN3O2. The zero-order chi connectivity index (χ0) is 14.3. The lowest BCUT2D eigenvalue weighted by molar-refractivity contribution is 0.00501. The zero-order valence-electron chi connectivity index (χ0n) is 12.0. The smallest absolute Gasteiger partial charge is 0.233 e. The lowest BCUT2D eigenvalue weighted by Crippen LogP contribution is -2.25. The standard InChI is InChI=1S/C13H22BrN3O2/c1-5-7-15-11-10(14)12(17-9-16-11)19-8-6-13(2,3)18-4/h9H,5-8H2,1-4H3,(H,15,16,17). The highest BCUT2D eigenvalue weighted by molar-refractivity contribution is 9.10. The van der Waals surface area contributed by atoms with Crippen molar-refractivity contribution in [1.82, 2.24) is 9.97 Å². The Balaban J connectivity index is 2.59. The quantitative estimate of drug-likeness (QED) is 0.792. The van der Waals surface area contributed by atoms with Crippen LogP contribution in [0.25, 0.3) is 0 Å². The summed E-state index contributed by atoms with van der Waals surface area (Å²) in [6, 6.07) is 0. The maximum absolute atomic E-state index is 5.68. The molecule has 0 spiro atoms. The van der Waals surface area contributed by atoms with E-state index in [9.17, 15) is 0 Å². The summed E-state index contributed by atoms with van der Waals surface area (Å²) in [6.07, 6.45) is 3.33. The fourth-order valence-corrected chi connectivity index (χ4v) is 1.78. The molecule has 6 heteroatoms. The second-order valence-corrected chi connectivity index (χ2v) is 5.62. The third kappa shape index (κ3) is 5.32. The van der Waals surface area contributed by atoms with Crippen molar-refractivity contribution in [2.24, 2.45) is 0 Å². The van der Waals surface area contributed by atoms with Gasteiger partial charge in [0.25, 0.3) is 0 Å². The van der Waals surface area contributed by atoms with Gasteiger partial charge >= 0.3 is 0 Å². The molecule has 0 unspecified atom stereocenters. The lowest BCUT2D eigenvalue weighted by atomic mass is 10.1. The van der Waals surface area contributed by atoms with Crippen LogP contribution in [0.2, 0.25) is 0 Å². The summed E-state index contributed by atoms with van der Waals surface area (Å²) in [5.74, 6) is 1.32. The molecule has 1 heterocycles. The molecule has 5 nitrogen and oxygen atoms in total. The van der Waals surface area contributed by atoms with Gasteiger partial charge in [0.05, 0.1) is 12.2 Å². The van der Waals surface area contributed by atoms with E-state index in [0.717, 1.165) is 29.7 Å². The van der Waals surface area contributed by atoms with E-state index in [1.54, 1.807) is 7.11 Å². The predicted molar refractivity (Wildman–Crippen MR) is 79.7 cm³/mol. The number of hydrogen-bond donors (Lipinski definition) is 1. The van der Waals surface area contributed by atoms with Crippen LogP contribution in [-0.4, -0.2) is 35.8 Å². The van der Waals surface area contributed by atoms with Crippen molar-refractivity contribution < 1.29 is 9.47 Å². The lowest BCUT2D eigenvalue weighted by Gasteiger charge is -2.22. The highest BCUT2D eigenvalue weighted by Crippen LogP contribution is 2.28. The normalized spacial score (nSPS) is 11.4. The molecule has 0 amide bonds. The summed E-state index contributed by atoms with van der Waals surface area (Å²) in [6.45, 7) is 7.57. The molecule has 0 aromatic carbocycles. The minimum Gasteiger partial charge on any atom is -0.477 e. The van der Waals surface area contributed by atoms with Crippen molar-refractivity contribution in [3.63, 3.8) is 0 Å².